The first-order chi connectivity index (χ1) is 9.46. The van der Waals surface area contributed by atoms with E-state index < -0.39 is 10.0 Å². The van der Waals surface area contributed by atoms with Gasteiger partial charge in [-0.1, -0.05) is 56.8 Å². The van der Waals surface area contributed by atoms with Gasteiger partial charge in [-0.05, 0) is 30.0 Å². The van der Waals surface area contributed by atoms with Gasteiger partial charge in [0.15, 0.2) is 0 Å². The minimum absolute atomic E-state index is 0.0161. The molecule has 1 N–H and O–H groups in total. The van der Waals surface area contributed by atoms with Gasteiger partial charge in [-0.2, -0.15) is 0 Å². The first-order valence-corrected chi connectivity index (χ1v) is 9.21. The second-order valence-corrected chi connectivity index (χ2v) is 7.40. The van der Waals surface area contributed by atoms with E-state index in [0.29, 0.717) is 23.0 Å². The van der Waals surface area contributed by atoms with Crippen molar-refractivity contribution in [2.24, 2.45) is 5.92 Å². The molecule has 0 bridgehead atoms. The van der Waals surface area contributed by atoms with Crippen molar-refractivity contribution in [3.63, 3.8) is 0 Å². The Morgan fingerprint density at radius 3 is 2.65 bits per heavy atom. The maximum Gasteiger partial charge on any atom is 0.215 e. The summed E-state index contributed by atoms with van der Waals surface area (Å²) in [6, 6.07) is 6.97. The minimum Gasteiger partial charge on any atom is -0.215 e. The molecule has 0 fully saturated rings. The number of sulfonamides is 1. The second-order valence-electron chi connectivity index (χ2n) is 5.15. The van der Waals surface area contributed by atoms with Crippen LogP contribution in [0.5, 0.6) is 0 Å². The fourth-order valence-corrected chi connectivity index (χ4v) is 3.51. The quantitative estimate of drug-likeness (QED) is 0.749. The van der Waals surface area contributed by atoms with E-state index >= 15 is 0 Å². The van der Waals surface area contributed by atoms with E-state index in [9.17, 15) is 8.42 Å². The van der Waals surface area contributed by atoms with Gasteiger partial charge < -0.3 is 0 Å². The molecular weight excluding hydrogens is 294 g/mol. The van der Waals surface area contributed by atoms with Crippen molar-refractivity contribution in [1.82, 2.24) is 4.72 Å². The maximum atomic E-state index is 12.1. The van der Waals surface area contributed by atoms with Crippen molar-refractivity contribution in [2.45, 2.75) is 45.3 Å². The highest BCUT2D eigenvalue weighted by atomic mass is 35.5. The Kier molecular flexibility index (Phi) is 7.56. The van der Waals surface area contributed by atoms with Gasteiger partial charge in [0.2, 0.25) is 10.0 Å². The topological polar surface area (TPSA) is 46.2 Å². The number of nitrogens with one attached hydrogen (secondary N) is 1. The standard InChI is InChI=1S/C15H24ClNO2S/c1-3-5-7-13(4-2)11-17-20(18,19)12-14-8-6-9-15(16)10-14/h6,8-10,13,17H,3-5,7,11-12H2,1-2H3/t13-/m1/s1. The molecule has 0 saturated carbocycles. The number of hydrogen-bond acceptors (Lipinski definition) is 2. The van der Waals surface area contributed by atoms with Gasteiger partial charge >= 0.3 is 0 Å². The van der Waals surface area contributed by atoms with Crippen LogP contribution in [0.15, 0.2) is 24.3 Å². The van der Waals surface area contributed by atoms with Crippen LogP contribution < -0.4 is 4.72 Å². The molecule has 3 nitrogen and oxygen atoms in total. The average Bonchev–Trinajstić information content (AvgIpc) is 2.38. The summed E-state index contributed by atoms with van der Waals surface area (Å²) in [7, 11) is -3.29. The van der Waals surface area contributed by atoms with Crippen LogP contribution in [-0.2, 0) is 15.8 Å². The number of hydrogen-bond donors (Lipinski definition) is 1. The van der Waals surface area contributed by atoms with Crippen molar-refractivity contribution in [3.05, 3.63) is 34.9 Å². The predicted molar refractivity (Wildman–Crippen MR) is 85.4 cm³/mol. The molecule has 0 aliphatic rings. The number of halogens is 1. The number of benzene rings is 1. The first-order valence-electron chi connectivity index (χ1n) is 7.18. The molecule has 0 radical (unpaired) electrons. The molecule has 0 spiro atoms. The Hall–Kier alpha value is -0.580. The average molecular weight is 318 g/mol. The second kappa shape index (κ2) is 8.65. The van der Waals surface area contributed by atoms with E-state index in [1.807, 2.05) is 0 Å². The van der Waals surface area contributed by atoms with Gasteiger partial charge in [0.25, 0.3) is 0 Å². The highest BCUT2D eigenvalue weighted by Gasteiger charge is 2.14. The van der Waals surface area contributed by atoms with Crippen molar-refractivity contribution < 1.29 is 8.42 Å². The first kappa shape index (κ1) is 17.5. The van der Waals surface area contributed by atoms with E-state index in [1.54, 1.807) is 24.3 Å². The zero-order valence-corrected chi connectivity index (χ0v) is 13.8. The van der Waals surface area contributed by atoms with E-state index in [4.69, 9.17) is 11.6 Å². The van der Waals surface area contributed by atoms with Crippen molar-refractivity contribution in [1.29, 1.82) is 0 Å². The third-order valence-corrected chi connectivity index (χ3v) is 4.94. The summed E-state index contributed by atoms with van der Waals surface area (Å²) in [5.41, 5.74) is 0.714. The molecular formula is C15H24ClNO2S. The van der Waals surface area contributed by atoms with Crippen LogP contribution in [0.2, 0.25) is 5.02 Å². The summed E-state index contributed by atoms with van der Waals surface area (Å²) in [5, 5.41) is 0.562. The number of unbranched alkanes of at least 4 members (excludes halogenated alkanes) is 1. The summed E-state index contributed by atoms with van der Waals surface area (Å²) < 4.78 is 26.8. The van der Waals surface area contributed by atoms with E-state index in [1.165, 1.54) is 0 Å². The molecule has 0 heterocycles. The lowest BCUT2D eigenvalue weighted by atomic mass is 10.00. The zero-order chi connectivity index (χ0) is 15.0. The monoisotopic (exact) mass is 317 g/mol. The summed E-state index contributed by atoms with van der Waals surface area (Å²) in [6.07, 6.45) is 4.37. The molecule has 1 atom stereocenters. The van der Waals surface area contributed by atoms with Gasteiger partial charge in [-0.3, -0.25) is 0 Å². The molecule has 1 aromatic carbocycles. The van der Waals surface area contributed by atoms with Crippen molar-refractivity contribution in [2.75, 3.05) is 6.54 Å². The molecule has 5 heteroatoms. The summed E-state index contributed by atoms with van der Waals surface area (Å²) in [5.74, 6) is 0.404. The molecule has 20 heavy (non-hydrogen) atoms. The Morgan fingerprint density at radius 1 is 1.30 bits per heavy atom. The minimum atomic E-state index is -3.29. The lowest BCUT2D eigenvalue weighted by molar-refractivity contribution is 0.443. The molecule has 114 valence electrons. The van der Waals surface area contributed by atoms with Gasteiger partial charge in [-0.25, -0.2) is 13.1 Å². The van der Waals surface area contributed by atoms with Crippen LogP contribution in [-0.4, -0.2) is 15.0 Å². The van der Waals surface area contributed by atoms with E-state index in [2.05, 4.69) is 18.6 Å². The Labute approximate surface area is 127 Å². The highest BCUT2D eigenvalue weighted by Crippen LogP contribution is 2.14. The van der Waals surface area contributed by atoms with Crippen LogP contribution in [0.1, 0.15) is 45.1 Å². The van der Waals surface area contributed by atoms with Gasteiger partial charge in [-0.15, -0.1) is 0 Å². The van der Waals surface area contributed by atoms with Crippen molar-refractivity contribution >= 4 is 21.6 Å². The lowest BCUT2D eigenvalue weighted by Crippen LogP contribution is -2.30. The summed E-state index contributed by atoms with van der Waals surface area (Å²) in [4.78, 5) is 0. The van der Waals surface area contributed by atoms with Crippen LogP contribution in [0.4, 0.5) is 0 Å². The zero-order valence-electron chi connectivity index (χ0n) is 12.2. The van der Waals surface area contributed by atoms with Crippen molar-refractivity contribution in [3.8, 4) is 0 Å². The fraction of sp³-hybridized carbons (Fsp3) is 0.600. The third-order valence-electron chi connectivity index (χ3n) is 3.38. The normalized spacial score (nSPS) is 13.3. The van der Waals surface area contributed by atoms with Gasteiger partial charge in [0, 0.05) is 11.6 Å². The lowest BCUT2D eigenvalue weighted by Gasteiger charge is -2.15. The molecule has 1 aromatic rings. The van der Waals surface area contributed by atoms with E-state index in [0.717, 1.165) is 25.7 Å². The SMILES string of the molecule is CCCC[C@@H](CC)CNS(=O)(=O)Cc1cccc(Cl)c1. The predicted octanol–water partition coefficient (Wildman–Crippen LogP) is 3.98. The third kappa shape index (κ3) is 6.73. The van der Waals surface area contributed by atoms with Gasteiger partial charge in [0.1, 0.15) is 0 Å². The Balaban J connectivity index is 2.52. The molecule has 0 aliphatic heterocycles. The highest BCUT2D eigenvalue weighted by molar-refractivity contribution is 7.88. The van der Waals surface area contributed by atoms with Crippen LogP contribution in [0, 0.1) is 5.92 Å². The molecule has 0 aromatic heterocycles. The van der Waals surface area contributed by atoms with Crippen LogP contribution in [0.3, 0.4) is 0 Å². The van der Waals surface area contributed by atoms with Crippen LogP contribution >= 0.6 is 11.6 Å². The summed E-state index contributed by atoms with van der Waals surface area (Å²) in [6.45, 7) is 4.78. The van der Waals surface area contributed by atoms with Crippen LogP contribution in [0.25, 0.3) is 0 Å². The maximum absolute atomic E-state index is 12.1. The number of rotatable bonds is 9. The smallest absolute Gasteiger partial charge is 0.215 e. The largest absolute Gasteiger partial charge is 0.215 e. The molecule has 0 unspecified atom stereocenters. The summed E-state index contributed by atoms with van der Waals surface area (Å²) >= 11 is 5.87. The fourth-order valence-electron chi connectivity index (χ4n) is 2.09. The van der Waals surface area contributed by atoms with E-state index in [-0.39, 0.29) is 5.75 Å². The molecule has 0 saturated heterocycles. The Morgan fingerprint density at radius 2 is 2.05 bits per heavy atom. The molecule has 1 rings (SSSR count). The molecule has 0 aliphatic carbocycles. The molecule has 0 amide bonds. The van der Waals surface area contributed by atoms with Gasteiger partial charge in [0.05, 0.1) is 5.75 Å². The Bertz CT molecular complexity index is 502.